The number of terminal acetylenes is 1. The normalized spacial score (nSPS) is 11.9. The number of nitrogens with one attached hydrogen (secondary N) is 2. The van der Waals surface area contributed by atoms with Gasteiger partial charge in [-0.25, -0.2) is 13.2 Å². The van der Waals surface area contributed by atoms with Crippen molar-refractivity contribution in [2.45, 2.75) is 17.9 Å². The number of esters is 1. The third-order valence-electron chi connectivity index (χ3n) is 3.51. The monoisotopic (exact) mass is 464 g/mol. The quantitative estimate of drug-likeness (QED) is 0.484. The molecule has 2 aromatic carbocycles. The lowest BCUT2D eigenvalue weighted by Gasteiger charge is -2.14. The van der Waals surface area contributed by atoms with Crippen molar-refractivity contribution in [3.05, 3.63) is 58.6 Å². The molecule has 0 aliphatic carbocycles. The summed E-state index contributed by atoms with van der Waals surface area (Å²) in [5, 5.41) is 2.62. The molecule has 28 heavy (non-hydrogen) atoms. The smallest absolute Gasteiger partial charge is 0.338 e. The Labute approximate surface area is 171 Å². The van der Waals surface area contributed by atoms with Crippen LogP contribution in [0.1, 0.15) is 17.3 Å². The van der Waals surface area contributed by atoms with E-state index < -0.39 is 28.0 Å². The maximum Gasteiger partial charge on any atom is 0.338 e. The lowest BCUT2D eigenvalue weighted by molar-refractivity contribution is -0.123. The minimum atomic E-state index is -3.85. The van der Waals surface area contributed by atoms with Crippen LogP contribution in [0.2, 0.25) is 0 Å². The first-order valence-corrected chi connectivity index (χ1v) is 10.3. The van der Waals surface area contributed by atoms with Crippen molar-refractivity contribution in [3.63, 3.8) is 0 Å². The van der Waals surface area contributed by atoms with Gasteiger partial charge < -0.3 is 10.1 Å². The molecule has 1 unspecified atom stereocenters. The maximum atomic E-state index is 12.3. The molecular formula is C19H17BrN2O5S. The molecule has 2 N–H and O–H groups in total. The van der Waals surface area contributed by atoms with E-state index in [9.17, 15) is 18.0 Å². The van der Waals surface area contributed by atoms with Gasteiger partial charge in [0.1, 0.15) is 0 Å². The summed E-state index contributed by atoms with van der Waals surface area (Å²) in [7, 11) is -3.85. The second kappa shape index (κ2) is 9.50. The van der Waals surface area contributed by atoms with Gasteiger partial charge in [-0.05, 0) is 49.4 Å². The third kappa shape index (κ3) is 5.92. The van der Waals surface area contributed by atoms with E-state index in [2.05, 4.69) is 31.9 Å². The highest BCUT2D eigenvalue weighted by atomic mass is 79.9. The fourth-order valence-corrected chi connectivity index (χ4v) is 3.31. The fraction of sp³-hybridized carbons (Fsp3) is 0.158. The minimum absolute atomic E-state index is 0.00752. The molecule has 0 aliphatic heterocycles. The summed E-state index contributed by atoms with van der Waals surface area (Å²) in [5.41, 5.74) is 0.538. The van der Waals surface area contributed by atoms with Gasteiger partial charge in [-0.15, -0.1) is 6.42 Å². The molecule has 1 amide bonds. The van der Waals surface area contributed by atoms with Crippen molar-refractivity contribution in [1.29, 1.82) is 0 Å². The van der Waals surface area contributed by atoms with Crippen molar-refractivity contribution in [1.82, 2.24) is 4.72 Å². The molecule has 2 rings (SSSR count). The second-order valence-corrected chi connectivity index (χ2v) is 8.28. The Morgan fingerprint density at radius 2 is 1.89 bits per heavy atom. The lowest BCUT2D eigenvalue weighted by atomic mass is 10.2. The average molecular weight is 465 g/mol. The van der Waals surface area contributed by atoms with Gasteiger partial charge in [0.15, 0.2) is 6.10 Å². The number of carbonyl (C=O) groups excluding carboxylic acids is 2. The molecule has 0 heterocycles. The highest BCUT2D eigenvalue weighted by Gasteiger charge is 2.21. The van der Waals surface area contributed by atoms with Crippen LogP contribution in [0.4, 0.5) is 5.69 Å². The van der Waals surface area contributed by atoms with E-state index in [0.29, 0.717) is 5.69 Å². The molecule has 7 nitrogen and oxygen atoms in total. The van der Waals surface area contributed by atoms with Crippen molar-refractivity contribution in [2.24, 2.45) is 0 Å². The zero-order valence-electron chi connectivity index (χ0n) is 14.8. The molecule has 0 radical (unpaired) electrons. The SMILES string of the molecule is C#CCNS(=O)(=O)c1cccc(C(=O)OC(C)C(=O)Nc2ccc(Br)cc2)c1. The molecule has 0 aliphatic rings. The van der Waals surface area contributed by atoms with Gasteiger partial charge in [0.05, 0.1) is 17.0 Å². The molecule has 0 fully saturated rings. The predicted octanol–water partition coefficient (Wildman–Crippen LogP) is 2.54. The van der Waals surface area contributed by atoms with Gasteiger partial charge in [0.2, 0.25) is 10.0 Å². The summed E-state index contributed by atoms with van der Waals surface area (Å²) < 4.78 is 32.4. The molecule has 0 spiro atoms. The molecular weight excluding hydrogens is 448 g/mol. The van der Waals surface area contributed by atoms with Gasteiger partial charge in [-0.3, -0.25) is 4.79 Å². The molecule has 1 atom stereocenters. The average Bonchev–Trinajstić information content (AvgIpc) is 2.68. The number of rotatable bonds is 7. The van der Waals surface area contributed by atoms with Crippen molar-refractivity contribution in [2.75, 3.05) is 11.9 Å². The van der Waals surface area contributed by atoms with E-state index in [-0.39, 0.29) is 17.0 Å². The Morgan fingerprint density at radius 3 is 2.54 bits per heavy atom. The van der Waals surface area contributed by atoms with Crippen LogP contribution in [-0.4, -0.2) is 32.9 Å². The summed E-state index contributed by atoms with van der Waals surface area (Å²) >= 11 is 3.29. The molecule has 2 aromatic rings. The summed E-state index contributed by atoms with van der Waals surface area (Å²) in [6.45, 7) is 1.24. The molecule has 0 bridgehead atoms. The fourth-order valence-electron chi connectivity index (χ4n) is 2.07. The second-order valence-electron chi connectivity index (χ2n) is 5.60. The Balaban J connectivity index is 2.05. The standard InChI is InChI=1S/C19H17BrN2O5S/c1-3-11-21-28(25,26)17-6-4-5-14(12-17)19(24)27-13(2)18(23)22-16-9-7-15(20)8-10-16/h1,4-10,12-13,21H,11H2,2H3,(H,22,23). The van der Waals surface area contributed by atoms with Gasteiger partial charge in [-0.1, -0.05) is 27.9 Å². The molecule has 0 saturated heterocycles. The number of sulfonamides is 1. The number of benzene rings is 2. The van der Waals surface area contributed by atoms with Crippen molar-refractivity contribution < 1.29 is 22.7 Å². The van der Waals surface area contributed by atoms with Crippen molar-refractivity contribution in [3.8, 4) is 12.3 Å². The van der Waals surface area contributed by atoms with Crippen LogP contribution in [0.25, 0.3) is 0 Å². The van der Waals surface area contributed by atoms with Crippen LogP contribution in [0.5, 0.6) is 0 Å². The number of carbonyl (C=O) groups is 2. The first-order chi connectivity index (χ1) is 13.2. The van der Waals surface area contributed by atoms with Gasteiger partial charge in [-0.2, -0.15) is 4.72 Å². The highest BCUT2D eigenvalue weighted by molar-refractivity contribution is 9.10. The molecule has 0 aromatic heterocycles. The first kappa shape index (κ1) is 21.6. The van der Waals surface area contributed by atoms with Crippen LogP contribution in [-0.2, 0) is 19.6 Å². The summed E-state index contributed by atoms with van der Waals surface area (Å²) in [6, 6.07) is 12.1. The lowest BCUT2D eigenvalue weighted by Crippen LogP contribution is -2.30. The Morgan fingerprint density at radius 1 is 1.21 bits per heavy atom. The Kier molecular flexibility index (Phi) is 7.34. The van der Waals surface area contributed by atoms with Crippen LogP contribution in [0.3, 0.4) is 0 Å². The van der Waals surface area contributed by atoms with Crippen LogP contribution in [0, 0.1) is 12.3 Å². The number of hydrogen-bond donors (Lipinski definition) is 2. The molecule has 146 valence electrons. The van der Waals surface area contributed by atoms with E-state index in [1.54, 1.807) is 24.3 Å². The van der Waals surface area contributed by atoms with Gasteiger partial charge >= 0.3 is 5.97 Å². The van der Waals surface area contributed by atoms with Gasteiger partial charge in [0, 0.05) is 10.2 Å². The number of ether oxygens (including phenoxy) is 1. The van der Waals surface area contributed by atoms with Crippen LogP contribution in [0.15, 0.2) is 57.9 Å². The largest absolute Gasteiger partial charge is 0.449 e. The third-order valence-corrected chi connectivity index (χ3v) is 5.44. The minimum Gasteiger partial charge on any atom is -0.449 e. The van der Waals surface area contributed by atoms with Crippen LogP contribution < -0.4 is 10.0 Å². The zero-order chi connectivity index (χ0) is 20.7. The summed E-state index contributed by atoms with van der Waals surface area (Å²) in [4.78, 5) is 24.3. The number of halogens is 1. The number of hydrogen-bond acceptors (Lipinski definition) is 5. The van der Waals surface area contributed by atoms with E-state index in [1.165, 1.54) is 25.1 Å². The van der Waals surface area contributed by atoms with E-state index >= 15 is 0 Å². The predicted molar refractivity (Wildman–Crippen MR) is 108 cm³/mol. The van der Waals surface area contributed by atoms with Crippen molar-refractivity contribution >= 4 is 43.5 Å². The zero-order valence-corrected chi connectivity index (χ0v) is 17.2. The van der Waals surface area contributed by atoms with E-state index in [0.717, 1.165) is 10.5 Å². The summed E-state index contributed by atoms with van der Waals surface area (Å²) in [5.74, 6) is 0.819. The number of anilines is 1. The topological polar surface area (TPSA) is 102 Å². The Hall–Kier alpha value is -2.67. The number of amides is 1. The van der Waals surface area contributed by atoms with E-state index in [4.69, 9.17) is 11.2 Å². The molecule has 0 saturated carbocycles. The summed E-state index contributed by atoms with van der Waals surface area (Å²) in [6.07, 6.45) is 3.96. The van der Waals surface area contributed by atoms with E-state index in [1.807, 2.05) is 0 Å². The Bertz CT molecular complexity index is 1010. The maximum absolute atomic E-state index is 12.3. The molecule has 9 heteroatoms. The van der Waals surface area contributed by atoms with Crippen LogP contribution >= 0.6 is 15.9 Å². The highest BCUT2D eigenvalue weighted by Crippen LogP contribution is 2.16. The first-order valence-electron chi connectivity index (χ1n) is 8.03. The van der Waals surface area contributed by atoms with Gasteiger partial charge in [0.25, 0.3) is 5.91 Å².